The first kappa shape index (κ1) is 14.4. The standard InChI is InChI=1S/C13H19N3O4/c1-3-20-12(17)10-6-14-16(7-10)11-5-4-9(2)15(8-11)13(18)19/h6-7,9,11H,3-5,8H2,1-2H3,(H,18,19). The van der Waals surface area contributed by atoms with E-state index >= 15 is 0 Å². The quantitative estimate of drug-likeness (QED) is 0.853. The van der Waals surface area contributed by atoms with E-state index in [1.165, 1.54) is 11.1 Å². The Morgan fingerprint density at radius 2 is 2.25 bits per heavy atom. The lowest BCUT2D eigenvalue weighted by Crippen LogP contribution is -2.45. The molecule has 0 saturated carbocycles. The van der Waals surface area contributed by atoms with Crippen LogP contribution in [0.15, 0.2) is 12.4 Å². The fourth-order valence-corrected chi connectivity index (χ4v) is 2.43. The third-order valence-corrected chi connectivity index (χ3v) is 3.59. The minimum Gasteiger partial charge on any atom is -0.465 e. The summed E-state index contributed by atoms with van der Waals surface area (Å²) in [7, 11) is 0. The molecule has 2 atom stereocenters. The fraction of sp³-hybridized carbons (Fsp3) is 0.615. The van der Waals surface area contributed by atoms with E-state index in [4.69, 9.17) is 9.84 Å². The number of nitrogens with zero attached hydrogens (tertiary/aromatic N) is 3. The summed E-state index contributed by atoms with van der Waals surface area (Å²) in [5.41, 5.74) is 0.396. The molecule has 0 radical (unpaired) electrons. The number of carbonyl (C=O) groups is 2. The highest BCUT2D eigenvalue weighted by Gasteiger charge is 2.30. The number of carbonyl (C=O) groups excluding carboxylic acids is 1. The molecule has 1 aliphatic rings. The van der Waals surface area contributed by atoms with Gasteiger partial charge in [0.15, 0.2) is 0 Å². The number of likely N-dealkylation sites (tertiary alicyclic amines) is 1. The summed E-state index contributed by atoms with van der Waals surface area (Å²) in [6, 6.07) is -0.0192. The summed E-state index contributed by atoms with van der Waals surface area (Å²) in [5, 5.41) is 13.3. The molecule has 20 heavy (non-hydrogen) atoms. The third kappa shape index (κ3) is 2.92. The van der Waals surface area contributed by atoms with E-state index in [2.05, 4.69) is 5.10 Å². The number of carboxylic acid groups (broad SMARTS) is 1. The van der Waals surface area contributed by atoms with Crippen molar-refractivity contribution in [2.24, 2.45) is 0 Å². The maximum absolute atomic E-state index is 11.6. The maximum atomic E-state index is 11.6. The predicted molar refractivity (Wildman–Crippen MR) is 70.6 cm³/mol. The van der Waals surface area contributed by atoms with Crippen molar-refractivity contribution in [3.8, 4) is 0 Å². The number of ether oxygens (including phenoxy) is 1. The SMILES string of the molecule is CCOC(=O)c1cnn(C2CCC(C)N(C(=O)O)C2)c1. The summed E-state index contributed by atoms with van der Waals surface area (Å²) in [4.78, 5) is 24.2. The van der Waals surface area contributed by atoms with Crippen molar-refractivity contribution >= 4 is 12.1 Å². The second kappa shape index (κ2) is 5.94. The van der Waals surface area contributed by atoms with Gasteiger partial charge in [0.2, 0.25) is 0 Å². The van der Waals surface area contributed by atoms with Gasteiger partial charge >= 0.3 is 12.1 Å². The van der Waals surface area contributed by atoms with Crippen molar-refractivity contribution in [1.82, 2.24) is 14.7 Å². The van der Waals surface area contributed by atoms with Crippen LogP contribution in [0.25, 0.3) is 0 Å². The largest absolute Gasteiger partial charge is 0.465 e. The van der Waals surface area contributed by atoms with E-state index in [1.54, 1.807) is 17.8 Å². The van der Waals surface area contributed by atoms with Gasteiger partial charge in [0.25, 0.3) is 0 Å². The van der Waals surface area contributed by atoms with E-state index in [0.717, 1.165) is 12.8 Å². The highest BCUT2D eigenvalue weighted by Crippen LogP contribution is 2.25. The molecule has 7 nitrogen and oxygen atoms in total. The molecule has 1 aromatic rings. The maximum Gasteiger partial charge on any atom is 0.407 e. The van der Waals surface area contributed by atoms with Crippen LogP contribution >= 0.6 is 0 Å². The molecule has 1 aromatic heterocycles. The zero-order valence-electron chi connectivity index (χ0n) is 11.7. The molecule has 1 saturated heterocycles. The molecule has 1 amide bonds. The second-order valence-electron chi connectivity index (χ2n) is 4.94. The molecule has 2 heterocycles. The minimum absolute atomic E-state index is 0.0174. The highest BCUT2D eigenvalue weighted by molar-refractivity contribution is 5.88. The Morgan fingerprint density at radius 1 is 1.50 bits per heavy atom. The Hall–Kier alpha value is -2.05. The summed E-state index contributed by atoms with van der Waals surface area (Å²) in [6.07, 6.45) is 3.79. The van der Waals surface area contributed by atoms with Crippen LogP contribution in [0.4, 0.5) is 4.79 Å². The Labute approximate surface area is 117 Å². The van der Waals surface area contributed by atoms with Gasteiger partial charge in [-0.05, 0) is 26.7 Å². The number of aromatic nitrogens is 2. The monoisotopic (exact) mass is 281 g/mol. The lowest BCUT2D eigenvalue weighted by molar-refractivity contribution is 0.0525. The normalized spacial score (nSPS) is 22.6. The molecule has 1 N–H and O–H groups in total. The molecule has 2 unspecified atom stereocenters. The van der Waals surface area contributed by atoms with E-state index in [9.17, 15) is 9.59 Å². The van der Waals surface area contributed by atoms with Gasteiger partial charge in [-0.25, -0.2) is 9.59 Å². The van der Waals surface area contributed by atoms with Crippen molar-refractivity contribution in [3.05, 3.63) is 18.0 Å². The Balaban J connectivity index is 2.08. The first-order valence-electron chi connectivity index (χ1n) is 6.73. The average Bonchev–Trinajstić information content (AvgIpc) is 2.89. The van der Waals surface area contributed by atoms with Crippen molar-refractivity contribution in [3.63, 3.8) is 0 Å². The summed E-state index contributed by atoms with van der Waals surface area (Å²) >= 11 is 0. The van der Waals surface area contributed by atoms with Crippen LogP contribution in [-0.2, 0) is 4.74 Å². The molecule has 0 aromatic carbocycles. The average molecular weight is 281 g/mol. The van der Waals surface area contributed by atoms with Crippen LogP contribution in [0.5, 0.6) is 0 Å². The Bertz CT molecular complexity index is 500. The lowest BCUT2D eigenvalue weighted by Gasteiger charge is -2.36. The molecule has 7 heteroatoms. The predicted octanol–water partition coefficient (Wildman–Crippen LogP) is 1.76. The number of hydrogen-bond acceptors (Lipinski definition) is 4. The third-order valence-electron chi connectivity index (χ3n) is 3.59. The van der Waals surface area contributed by atoms with Crippen LogP contribution in [0.1, 0.15) is 43.1 Å². The smallest absolute Gasteiger partial charge is 0.407 e. The van der Waals surface area contributed by atoms with Gasteiger partial charge in [0.05, 0.1) is 24.4 Å². The van der Waals surface area contributed by atoms with Crippen molar-refractivity contribution in [1.29, 1.82) is 0 Å². The molecule has 0 aliphatic carbocycles. The molecule has 0 spiro atoms. The molecule has 1 aliphatic heterocycles. The zero-order valence-corrected chi connectivity index (χ0v) is 11.7. The van der Waals surface area contributed by atoms with Gasteiger partial charge in [-0.1, -0.05) is 0 Å². The van der Waals surface area contributed by atoms with Crippen molar-refractivity contribution in [2.75, 3.05) is 13.2 Å². The van der Waals surface area contributed by atoms with Gasteiger partial charge in [-0.15, -0.1) is 0 Å². The van der Waals surface area contributed by atoms with E-state index in [-0.39, 0.29) is 12.1 Å². The second-order valence-corrected chi connectivity index (χ2v) is 4.94. The number of hydrogen-bond donors (Lipinski definition) is 1. The molecular weight excluding hydrogens is 262 g/mol. The summed E-state index contributed by atoms with van der Waals surface area (Å²) in [5.74, 6) is -0.405. The zero-order chi connectivity index (χ0) is 14.7. The Morgan fingerprint density at radius 3 is 2.90 bits per heavy atom. The Kier molecular flexibility index (Phi) is 4.26. The first-order chi connectivity index (χ1) is 9.52. The van der Waals surface area contributed by atoms with Crippen LogP contribution in [0, 0.1) is 0 Å². The highest BCUT2D eigenvalue weighted by atomic mass is 16.5. The van der Waals surface area contributed by atoms with Crippen LogP contribution in [0.3, 0.4) is 0 Å². The van der Waals surface area contributed by atoms with Gasteiger partial charge in [0.1, 0.15) is 0 Å². The number of piperidine rings is 1. The summed E-state index contributed by atoms with van der Waals surface area (Å²) < 4.78 is 6.57. The van der Waals surface area contributed by atoms with Gasteiger partial charge < -0.3 is 14.7 Å². The molecule has 110 valence electrons. The fourth-order valence-electron chi connectivity index (χ4n) is 2.43. The van der Waals surface area contributed by atoms with Crippen molar-refractivity contribution < 1.29 is 19.4 Å². The van der Waals surface area contributed by atoms with E-state index in [0.29, 0.717) is 18.7 Å². The first-order valence-corrected chi connectivity index (χ1v) is 6.73. The van der Waals surface area contributed by atoms with Gasteiger partial charge in [-0.2, -0.15) is 5.10 Å². The van der Waals surface area contributed by atoms with Crippen LogP contribution in [-0.4, -0.2) is 51.0 Å². The number of amides is 1. The van der Waals surface area contributed by atoms with Gasteiger partial charge in [-0.3, -0.25) is 4.68 Å². The van der Waals surface area contributed by atoms with Gasteiger partial charge in [0, 0.05) is 18.8 Å². The van der Waals surface area contributed by atoms with Crippen LogP contribution in [0.2, 0.25) is 0 Å². The molecule has 1 fully saturated rings. The topological polar surface area (TPSA) is 84.7 Å². The minimum atomic E-state index is -0.917. The number of rotatable bonds is 3. The number of esters is 1. The van der Waals surface area contributed by atoms with E-state index < -0.39 is 12.1 Å². The van der Waals surface area contributed by atoms with Crippen molar-refractivity contribution in [2.45, 2.75) is 38.8 Å². The summed E-state index contributed by atoms with van der Waals surface area (Å²) in [6.45, 7) is 4.35. The molecular formula is C13H19N3O4. The van der Waals surface area contributed by atoms with Crippen LogP contribution < -0.4 is 0 Å². The molecule has 2 rings (SSSR count). The lowest BCUT2D eigenvalue weighted by atomic mass is 10.00. The van der Waals surface area contributed by atoms with E-state index in [1.807, 2.05) is 6.92 Å². The molecule has 0 bridgehead atoms.